The SMILES string of the molecule is CN(C)CCOc1cc(C(=O)O)ccc1Br.COC(=O)c1ccc(Br)c(OCCN(C)C)c1. The Bertz CT molecular complexity index is 922. The van der Waals surface area contributed by atoms with E-state index in [9.17, 15) is 9.59 Å². The van der Waals surface area contributed by atoms with E-state index in [1.165, 1.54) is 19.2 Å². The zero-order valence-electron chi connectivity index (χ0n) is 19.4. The summed E-state index contributed by atoms with van der Waals surface area (Å²) in [5.41, 5.74) is 0.707. The fourth-order valence-electron chi connectivity index (χ4n) is 2.28. The molecule has 0 aliphatic carbocycles. The fourth-order valence-corrected chi connectivity index (χ4v) is 3.00. The van der Waals surface area contributed by atoms with Gasteiger partial charge in [0.05, 0.1) is 27.2 Å². The van der Waals surface area contributed by atoms with Crippen LogP contribution < -0.4 is 9.47 Å². The number of hydrogen-bond acceptors (Lipinski definition) is 7. The van der Waals surface area contributed by atoms with Crippen LogP contribution in [0.25, 0.3) is 0 Å². The molecule has 10 heteroatoms. The van der Waals surface area contributed by atoms with Gasteiger partial charge in [0.1, 0.15) is 24.7 Å². The van der Waals surface area contributed by atoms with Crippen LogP contribution in [0, 0.1) is 0 Å². The van der Waals surface area contributed by atoms with Crippen molar-refractivity contribution in [1.82, 2.24) is 9.80 Å². The molecular weight excluding hydrogens is 560 g/mol. The summed E-state index contributed by atoms with van der Waals surface area (Å²) in [5.74, 6) is -0.114. The number of benzene rings is 2. The number of carboxylic acid groups (broad SMARTS) is 1. The van der Waals surface area contributed by atoms with E-state index < -0.39 is 5.97 Å². The third-order valence-corrected chi connectivity index (χ3v) is 5.43. The maximum atomic E-state index is 11.4. The standard InChI is InChI=1S/C12H16BrNO3.C11H14BrNO3/c1-14(2)6-7-17-11-8-9(12(15)16-3)4-5-10(11)13;1-13(2)5-6-16-10-7-8(11(14)15)3-4-9(10)12/h4-5,8H,6-7H2,1-3H3;3-4,7H,5-6H2,1-2H3,(H,14,15). The van der Waals surface area contributed by atoms with Crippen LogP contribution in [-0.4, -0.2) is 88.4 Å². The second kappa shape index (κ2) is 14.9. The Morgan fingerprint density at radius 2 is 1.24 bits per heavy atom. The number of likely N-dealkylation sites (N-methyl/N-ethyl adjacent to an activating group) is 2. The van der Waals surface area contributed by atoms with E-state index in [1.807, 2.05) is 38.0 Å². The van der Waals surface area contributed by atoms with Gasteiger partial charge in [-0.25, -0.2) is 9.59 Å². The molecule has 2 aromatic rings. The van der Waals surface area contributed by atoms with E-state index in [4.69, 9.17) is 14.6 Å². The number of aromatic carboxylic acids is 1. The minimum atomic E-state index is -0.954. The molecule has 0 aliphatic rings. The number of rotatable bonds is 10. The molecule has 0 aliphatic heterocycles. The third-order valence-electron chi connectivity index (χ3n) is 4.12. The molecule has 33 heavy (non-hydrogen) atoms. The number of carbonyl (C=O) groups is 2. The summed E-state index contributed by atoms with van der Waals surface area (Å²) in [6.45, 7) is 2.68. The zero-order chi connectivity index (χ0) is 25.0. The molecule has 2 rings (SSSR count). The van der Waals surface area contributed by atoms with Gasteiger partial charge in [0.25, 0.3) is 0 Å². The normalized spacial score (nSPS) is 10.5. The zero-order valence-corrected chi connectivity index (χ0v) is 22.6. The lowest BCUT2D eigenvalue weighted by atomic mass is 10.2. The maximum absolute atomic E-state index is 11.4. The molecular formula is C23H30Br2N2O6. The third kappa shape index (κ3) is 11.0. The highest BCUT2D eigenvalue weighted by Crippen LogP contribution is 2.27. The van der Waals surface area contributed by atoms with Crippen molar-refractivity contribution in [3.05, 3.63) is 56.5 Å². The van der Waals surface area contributed by atoms with E-state index in [1.54, 1.807) is 24.3 Å². The van der Waals surface area contributed by atoms with Crippen molar-refractivity contribution in [3.63, 3.8) is 0 Å². The van der Waals surface area contributed by atoms with Gasteiger partial charge in [-0.1, -0.05) is 0 Å². The molecule has 0 atom stereocenters. The quantitative estimate of drug-likeness (QED) is 0.411. The number of nitrogens with zero attached hydrogens (tertiary/aromatic N) is 2. The number of hydrogen-bond donors (Lipinski definition) is 1. The molecule has 0 radical (unpaired) electrons. The van der Waals surface area contributed by atoms with Gasteiger partial charge in [-0.05, 0) is 96.4 Å². The lowest BCUT2D eigenvalue weighted by Gasteiger charge is -2.12. The second-order valence-electron chi connectivity index (χ2n) is 7.39. The Balaban J connectivity index is 0.000000331. The molecule has 0 unspecified atom stereocenters. The smallest absolute Gasteiger partial charge is 0.337 e. The first kappa shape index (κ1) is 28.9. The summed E-state index contributed by atoms with van der Waals surface area (Å²) in [6, 6.07) is 9.86. The summed E-state index contributed by atoms with van der Waals surface area (Å²) < 4.78 is 17.3. The molecule has 0 amide bonds. The molecule has 0 fully saturated rings. The summed E-state index contributed by atoms with van der Waals surface area (Å²) >= 11 is 6.69. The lowest BCUT2D eigenvalue weighted by molar-refractivity contribution is 0.0599. The minimum Gasteiger partial charge on any atom is -0.491 e. The lowest BCUT2D eigenvalue weighted by Crippen LogP contribution is -2.19. The Labute approximate surface area is 211 Å². The second-order valence-corrected chi connectivity index (χ2v) is 9.10. The number of ether oxygens (including phenoxy) is 3. The van der Waals surface area contributed by atoms with E-state index >= 15 is 0 Å². The molecule has 0 heterocycles. The molecule has 0 saturated heterocycles. The number of esters is 1. The van der Waals surface area contributed by atoms with Crippen LogP contribution in [0.4, 0.5) is 0 Å². The van der Waals surface area contributed by atoms with Crippen LogP contribution >= 0.6 is 31.9 Å². The van der Waals surface area contributed by atoms with Gasteiger partial charge in [0.2, 0.25) is 0 Å². The summed E-state index contributed by atoms with van der Waals surface area (Å²) in [6.07, 6.45) is 0. The molecule has 8 nitrogen and oxygen atoms in total. The molecule has 0 aromatic heterocycles. The fraction of sp³-hybridized carbons (Fsp3) is 0.391. The molecule has 182 valence electrons. The largest absolute Gasteiger partial charge is 0.491 e. The summed E-state index contributed by atoms with van der Waals surface area (Å²) in [5, 5.41) is 8.83. The Kier molecular flexibility index (Phi) is 13.0. The van der Waals surface area contributed by atoms with Gasteiger partial charge < -0.3 is 29.1 Å². The van der Waals surface area contributed by atoms with Crippen LogP contribution in [0.5, 0.6) is 11.5 Å². The van der Waals surface area contributed by atoms with E-state index in [2.05, 4.69) is 36.6 Å². The topological polar surface area (TPSA) is 88.5 Å². The van der Waals surface area contributed by atoms with Gasteiger partial charge in [-0.15, -0.1) is 0 Å². The van der Waals surface area contributed by atoms with Gasteiger partial charge in [0.15, 0.2) is 0 Å². The van der Waals surface area contributed by atoms with Gasteiger partial charge >= 0.3 is 11.9 Å². The summed E-state index contributed by atoms with van der Waals surface area (Å²) in [7, 11) is 9.21. The van der Waals surface area contributed by atoms with Crippen molar-refractivity contribution in [2.75, 3.05) is 61.6 Å². The van der Waals surface area contributed by atoms with Crippen LogP contribution in [-0.2, 0) is 4.74 Å². The van der Waals surface area contributed by atoms with E-state index in [-0.39, 0.29) is 11.5 Å². The van der Waals surface area contributed by atoms with Crippen molar-refractivity contribution < 1.29 is 28.9 Å². The minimum absolute atomic E-state index is 0.225. The van der Waals surface area contributed by atoms with Crippen molar-refractivity contribution in [2.24, 2.45) is 0 Å². The highest BCUT2D eigenvalue weighted by Gasteiger charge is 2.10. The van der Waals surface area contributed by atoms with Crippen molar-refractivity contribution in [3.8, 4) is 11.5 Å². The van der Waals surface area contributed by atoms with Crippen molar-refractivity contribution in [2.45, 2.75) is 0 Å². The molecule has 0 bridgehead atoms. The highest BCUT2D eigenvalue weighted by atomic mass is 79.9. The van der Waals surface area contributed by atoms with Crippen LogP contribution in [0.1, 0.15) is 20.7 Å². The van der Waals surface area contributed by atoms with E-state index in [0.717, 1.165) is 22.0 Å². The van der Waals surface area contributed by atoms with Crippen molar-refractivity contribution >= 4 is 43.8 Å². The van der Waals surface area contributed by atoms with Gasteiger partial charge in [-0.3, -0.25) is 0 Å². The van der Waals surface area contributed by atoms with E-state index in [0.29, 0.717) is 30.3 Å². The first-order valence-corrected chi connectivity index (χ1v) is 11.6. The van der Waals surface area contributed by atoms with Gasteiger partial charge in [0, 0.05) is 13.1 Å². The number of halogens is 2. The Morgan fingerprint density at radius 3 is 1.64 bits per heavy atom. The maximum Gasteiger partial charge on any atom is 0.337 e. The Hall–Kier alpha value is -2.14. The predicted molar refractivity (Wildman–Crippen MR) is 135 cm³/mol. The molecule has 0 spiro atoms. The number of carboxylic acids is 1. The summed E-state index contributed by atoms with van der Waals surface area (Å²) in [4.78, 5) is 26.1. The highest BCUT2D eigenvalue weighted by molar-refractivity contribution is 9.10. The average molecular weight is 590 g/mol. The number of carbonyl (C=O) groups excluding carboxylic acids is 1. The average Bonchev–Trinajstić information content (AvgIpc) is 2.75. The monoisotopic (exact) mass is 588 g/mol. The predicted octanol–water partition coefficient (Wildman–Crippen LogP) is 4.26. The van der Waals surface area contributed by atoms with Crippen LogP contribution in [0.3, 0.4) is 0 Å². The van der Waals surface area contributed by atoms with Crippen molar-refractivity contribution in [1.29, 1.82) is 0 Å². The van der Waals surface area contributed by atoms with Gasteiger partial charge in [-0.2, -0.15) is 0 Å². The molecule has 2 aromatic carbocycles. The first-order valence-electron chi connectivity index (χ1n) is 10.0. The van der Waals surface area contributed by atoms with Crippen LogP contribution in [0.15, 0.2) is 45.3 Å². The Morgan fingerprint density at radius 1 is 0.818 bits per heavy atom. The molecule has 1 N–H and O–H groups in total. The molecule has 0 saturated carbocycles. The van der Waals surface area contributed by atoms with Crippen LogP contribution in [0.2, 0.25) is 0 Å². The number of methoxy groups -OCH3 is 1. The first-order chi connectivity index (χ1) is 15.5.